The van der Waals surface area contributed by atoms with Crippen molar-refractivity contribution in [3.8, 4) is 11.5 Å². The van der Waals surface area contributed by atoms with Gasteiger partial charge in [-0.25, -0.2) is 8.42 Å². The van der Waals surface area contributed by atoms with E-state index < -0.39 is 10.0 Å². The van der Waals surface area contributed by atoms with Gasteiger partial charge in [-0.3, -0.25) is 4.79 Å². The molecular weight excluding hydrogens is 416 g/mol. The first-order chi connectivity index (χ1) is 15.0. The van der Waals surface area contributed by atoms with Gasteiger partial charge in [0.2, 0.25) is 22.3 Å². The molecule has 0 saturated carbocycles. The number of aromatic nitrogens is 2. The molecule has 160 valence electrons. The first-order valence-corrected chi connectivity index (χ1v) is 11.7. The first kappa shape index (κ1) is 19.9. The van der Waals surface area contributed by atoms with E-state index in [-0.39, 0.29) is 19.0 Å². The molecule has 5 rings (SSSR count). The average Bonchev–Trinajstić information content (AvgIpc) is 3.50. The number of carbonyl (C=O) groups excluding carboxylic acids is 1. The summed E-state index contributed by atoms with van der Waals surface area (Å²) in [5.74, 6) is 0.274. The van der Waals surface area contributed by atoms with Crippen molar-refractivity contribution < 1.29 is 17.6 Å². The highest BCUT2D eigenvalue weighted by atomic mass is 32.2. The van der Waals surface area contributed by atoms with E-state index in [0.29, 0.717) is 29.4 Å². The van der Waals surface area contributed by atoms with E-state index in [1.54, 1.807) is 35.2 Å². The number of benzene rings is 2. The topological polar surface area (TPSA) is 96.6 Å². The van der Waals surface area contributed by atoms with E-state index in [4.69, 9.17) is 4.42 Å². The number of aryl methyl sites for hydroxylation is 2. The maximum Gasteiger partial charge on any atom is 0.253 e. The summed E-state index contributed by atoms with van der Waals surface area (Å²) in [4.78, 5) is 14.9. The number of nitrogens with zero attached hydrogens (tertiary/aromatic N) is 4. The third kappa shape index (κ3) is 3.75. The van der Waals surface area contributed by atoms with Gasteiger partial charge in [0.25, 0.3) is 5.91 Å². The molecule has 1 amide bonds. The van der Waals surface area contributed by atoms with Gasteiger partial charge in [0.05, 0.1) is 4.90 Å². The van der Waals surface area contributed by atoms with Crippen molar-refractivity contribution in [3.63, 3.8) is 0 Å². The van der Waals surface area contributed by atoms with Gasteiger partial charge in [-0.05, 0) is 66.8 Å². The lowest BCUT2D eigenvalue weighted by atomic mass is 10.1. The predicted molar refractivity (Wildman–Crippen MR) is 113 cm³/mol. The van der Waals surface area contributed by atoms with Crippen molar-refractivity contribution in [2.24, 2.45) is 0 Å². The monoisotopic (exact) mass is 438 g/mol. The summed E-state index contributed by atoms with van der Waals surface area (Å²) in [7, 11) is -3.56. The fourth-order valence-corrected chi connectivity index (χ4v) is 5.70. The fraction of sp³-hybridized carbons (Fsp3) is 0.318. The number of piperazine rings is 1. The Labute approximate surface area is 180 Å². The van der Waals surface area contributed by atoms with Crippen molar-refractivity contribution in [3.05, 3.63) is 65.5 Å². The molecule has 0 atom stereocenters. The van der Waals surface area contributed by atoms with Crippen molar-refractivity contribution >= 4 is 15.9 Å². The van der Waals surface area contributed by atoms with Gasteiger partial charge in [-0.15, -0.1) is 10.2 Å². The SMILES string of the molecule is O=C(c1ccc(-c2nnco2)cc1)N1CCN(S(=O)(=O)c2ccc3c(c2)CCC3)CC1. The van der Waals surface area contributed by atoms with Crippen LogP contribution in [0.5, 0.6) is 0 Å². The molecule has 9 heteroatoms. The Kier molecular flexibility index (Phi) is 5.07. The second kappa shape index (κ2) is 7.90. The molecule has 0 radical (unpaired) electrons. The number of hydrogen-bond donors (Lipinski definition) is 0. The van der Waals surface area contributed by atoms with Crippen LogP contribution in [0.2, 0.25) is 0 Å². The third-order valence-corrected chi connectivity index (χ3v) is 7.87. The van der Waals surface area contributed by atoms with E-state index in [2.05, 4.69) is 10.2 Å². The lowest BCUT2D eigenvalue weighted by molar-refractivity contribution is 0.0698. The van der Waals surface area contributed by atoms with Gasteiger partial charge in [0.1, 0.15) is 0 Å². The maximum atomic E-state index is 13.1. The van der Waals surface area contributed by atoms with Crippen LogP contribution in [-0.2, 0) is 22.9 Å². The number of fused-ring (bicyclic) bond motifs is 1. The highest BCUT2D eigenvalue weighted by Crippen LogP contribution is 2.27. The molecule has 3 aromatic rings. The molecule has 0 bridgehead atoms. The number of rotatable bonds is 4. The lowest BCUT2D eigenvalue weighted by Crippen LogP contribution is -2.50. The molecule has 1 aliphatic heterocycles. The molecule has 1 fully saturated rings. The lowest BCUT2D eigenvalue weighted by Gasteiger charge is -2.34. The number of amides is 1. The van der Waals surface area contributed by atoms with Crippen molar-refractivity contribution in [1.82, 2.24) is 19.4 Å². The van der Waals surface area contributed by atoms with Gasteiger partial charge in [-0.1, -0.05) is 6.07 Å². The summed E-state index contributed by atoms with van der Waals surface area (Å²) in [6, 6.07) is 12.4. The standard InChI is InChI=1S/C22H22N4O4S/c27-22(18-6-4-17(5-7-18)21-24-23-15-30-21)25-10-12-26(13-11-25)31(28,29)20-9-8-16-2-1-3-19(16)14-20/h4-9,14-15H,1-3,10-13H2. The molecule has 31 heavy (non-hydrogen) atoms. The number of sulfonamides is 1. The van der Waals surface area contributed by atoms with Gasteiger partial charge < -0.3 is 9.32 Å². The zero-order chi connectivity index (χ0) is 21.4. The van der Waals surface area contributed by atoms with Gasteiger partial charge in [0, 0.05) is 37.3 Å². The Hall–Kier alpha value is -3.04. The Morgan fingerprint density at radius 3 is 2.39 bits per heavy atom. The van der Waals surface area contributed by atoms with Crippen LogP contribution in [0.1, 0.15) is 27.9 Å². The minimum absolute atomic E-state index is 0.119. The first-order valence-electron chi connectivity index (χ1n) is 10.3. The van der Waals surface area contributed by atoms with Crippen LogP contribution in [0.15, 0.2) is 58.2 Å². The zero-order valence-corrected chi connectivity index (χ0v) is 17.7. The zero-order valence-electron chi connectivity index (χ0n) is 16.9. The minimum Gasteiger partial charge on any atom is -0.423 e. The van der Waals surface area contributed by atoms with Gasteiger partial charge >= 0.3 is 0 Å². The molecule has 2 aliphatic rings. The van der Waals surface area contributed by atoms with Crippen LogP contribution in [0.4, 0.5) is 0 Å². The van der Waals surface area contributed by atoms with E-state index in [1.807, 2.05) is 12.1 Å². The predicted octanol–water partition coefficient (Wildman–Crippen LogP) is 2.37. The molecule has 1 saturated heterocycles. The molecule has 0 unspecified atom stereocenters. The van der Waals surface area contributed by atoms with E-state index in [9.17, 15) is 13.2 Å². The Morgan fingerprint density at radius 2 is 1.68 bits per heavy atom. The summed E-state index contributed by atoms with van der Waals surface area (Å²) in [6.45, 7) is 1.28. The van der Waals surface area contributed by atoms with Crippen LogP contribution in [0.25, 0.3) is 11.5 Å². The van der Waals surface area contributed by atoms with Crippen LogP contribution < -0.4 is 0 Å². The Bertz CT molecular complexity index is 1200. The minimum atomic E-state index is -3.56. The van der Waals surface area contributed by atoms with Crippen molar-refractivity contribution in [2.45, 2.75) is 24.2 Å². The van der Waals surface area contributed by atoms with Gasteiger partial charge in [-0.2, -0.15) is 4.31 Å². The highest BCUT2D eigenvalue weighted by molar-refractivity contribution is 7.89. The van der Waals surface area contributed by atoms with Crippen LogP contribution in [0, 0.1) is 0 Å². The summed E-state index contributed by atoms with van der Waals surface area (Å²) in [5.41, 5.74) is 3.66. The summed E-state index contributed by atoms with van der Waals surface area (Å²) >= 11 is 0. The van der Waals surface area contributed by atoms with Crippen LogP contribution >= 0.6 is 0 Å². The average molecular weight is 439 g/mol. The smallest absolute Gasteiger partial charge is 0.253 e. The molecule has 0 spiro atoms. The number of hydrogen-bond acceptors (Lipinski definition) is 6. The molecule has 2 heterocycles. The largest absolute Gasteiger partial charge is 0.423 e. The molecule has 2 aromatic carbocycles. The van der Waals surface area contributed by atoms with Crippen LogP contribution in [0.3, 0.4) is 0 Å². The number of carbonyl (C=O) groups is 1. The van der Waals surface area contributed by atoms with Crippen LogP contribution in [-0.4, -0.2) is 59.9 Å². The third-order valence-electron chi connectivity index (χ3n) is 5.97. The molecule has 1 aliphatic carbocycles. The maximum absolute atomic E-state index is 13.1. The molecule has 0 N–H and O–H groups in total. The summed E-state index contributed by atoms with van der Waals surface area (Å²) in [5, 5.41) is 7.50. The highest BCUT2D eigenvalue weighted by Gasteiger charge is 2.31. The Balaban J connectivity index is 1.25. The normalized spacial score (nSPS) is 17.0. The second-order valence-corrected chi connectivity index (χ2v) is 9.74. The molecule has 8 nitrogen and oxygen atoms in total. The van der Waals surface area contributed by atoms with E-state index in [1.165, 1.54) is 16.3 Å². The van der Waals surface area contributed by atoms with E-state index in [0.717, 1.165) is 30.4 Å². The quantitative estimate of drug-likeness (QED) is 0.621. The fourth-order valence-electron chi connectivity index (χ4n) is 4.23. The summed E-state index contributed by atoms with van der Waals surface area (Å²) < 4.78 is 32.8. The Morgan fingerprint density at radius 1 is 0.935 bits per heavy atom. The molecular formula is C22H22N4O4S. The van der Waals surface area contributed by atoms with Crippen molar-refractivity contribution in [2.75, 3.05) is 26.2 Å². The van der Waals surface area contributed by atoms with E-state index >= 15 is 0 Å². The van der Waals surface area contributed by atoms with Gasteiger partial charge in [0.15, 0.2) is 0 Å². The van der Waals surface area contributed by atoms with Crippen molar-refractivity contribution in [1.29, 1.82) is 0 Å². The molecule has 1 aromatic heterocycles. The summed E-state index contributed by atoms with van der Waals surface area (Å²) in [6.07, 6.45) is 4.29. The second-order valence-electron chi connectivity index (χ2n) is 7.80.